The van der Waals surface area contributed by atoms with Gasteiger partial charge in [0.15, 0.2) is 0 Å². The van der Waals surface area contributed by atoms with Gasteiger partial charge in [-0.05, 0) is 34.1 Å². The largest absolute Gasteiger partial charge is 0.376 e. The van der Waals surface area contributed by atoms with E-state index in [2.05, 4.69) is 25.6 Å². The SMILES string of the molecule is CN(C)c1ccccc1NS(=O)(=O)c1cc(Br)cnc1Cl. The van der Waals surface area contributed by atoms with E-state index < -0.39 is 10.0 Å². The quantitative estimate of drug-likeness (QED) is 0.813. The average Bonchev–Trinajstić information content (AvgIpc) is 2.41. The molecule has 5 nitrogen and oxygen atoms in total. The number of para-hydroxylation sites is 2. The Bertz CT molecular complexity index is 766. The molecule has 1 heterocycles. The van der Waals surface area contributed by atoms with Gasteiger partial charge in [0.2, 0.25) is 0 Å². The van der Waals surface area contributed by atoms with Crippen molar-refractivity contribution < 1.29 is 8.42 Å². The molecule has 0 atom stereocenters. The second kappa shape index (κ2) is 6.21. The first kappa shape index (κ1) is 16.1. The van der Waals surface area contributed by atoms with Crippen LogP contribution in [0, 0.1) is 0 Å². The number of anilines is 2. The Labute approximate surface area is 137 Å². The zero-order valence-corrected chi connectivity index (χ0v) is 14.5. The molecule has 21 heavy (non-hydrogen) atoms. The van der Waals surface area contributed by atoms with Gasteiger partial charge in [0.05, 0.1) is 11.4 Å². The van der Waals surface area contributed by atoms with Crippen LogP contribution in [0.15, 0.2) is 45.9 Å². The van der Waals surface area contributed by atoms with Crippen molar-refractivity contribution in [2.24, 2.45) is 0 Å². The summed E-state index contributed by atoms with van der Waals surface area (Å²) in [5.74, 6) is 0. The summed E-state index contributed by atoms with van der Waals surface area (Å²) < 4.78 is 28.0. The summed E-state index contributed by atoms with van der Waals surface area (Å²) in [4.78, 5) is 5.57. The molecule has 1 N–H and O–H groups in total. The van der Waals surface area contributed by atoms with Crippen LogP contribution < -0.4 is 9.62 Å². The molecule has 2 aromatic rings. The van der Waals surface area contributed by atoms with Crippen LogP contribution in [0.1, 0.15) is 0 Å². The lowest BCUT2D eigenvalue weighted by Gasteiger charge is -2.18. The van der Waals surface area contributed by atoms with Crippen molar-refractivity contribution in [1.82, 2.24) is 4.98 Å². The maximum Gasteiger partial charge on any atom is 0.265 e. The molecular formula is C13H13BrClN3O2S. The zero-order valence-electron chi connectivity index (χ0n) is 11.3. The Morgan fingerprint density at radius 3 is 2.62 bits per heavy atom. The number of aromatic nitrogens is 1. The van der Waals surface area contributed by atoms with E-state index in [1.165, 1.54) is 12.3 Å². The van der Waals surface area contributed by atoms with Crippen LogP contribution in [0.4, 0.5) is 11.4 Å². The standard InChI is InChI=1S/C13H13BrClN3O2S/c1-18(2)11-6-4-3-5-10(11)17-21(19,20)12-7-9(14)8-16-13(12)15/h3-8,17H,1-2H3. The van der Waals surface area contributed by atoms with Gasteiger partial charge in [0.25, 0.3) is 10.0 Å². The van der Waals surface area contributed by atoms with Crippen LogP contribution in [0.5, 0.6) is 0 Å². The monoisotopic (exact) mass is 389 g/mol. The maximum absolute atomic E-state index is 12.5. The summed E-state index contributed by atoms with van der Waals surface area (Å²) in [6, 6.07) is 8.51. The third-order valence-corrected chi connectivity index (χ3v) is 4.92. The summed E-state index contributed by atoms with van der Waals surface area (Å²) in [6.07, 6.45) is 1.44. The third-order valence-electron chi connectivity index (χ3n) is 2.69. The number of nitrogens with zero attached hydrogens (tertiary/aromatic N) is 2. The van der Waals surface area contributed by atoms with Gasteiger partial charge in [-0.15, -0.1) is 0 Å². The van der Waals surface area contributed by atoms with Gasteiger partial charge < -0.3 is 4.90 Å². The number of halogens is 2. The zero-order chi connectivity index (χ0) is 15.6. The minimum absolute atomic E-state index is 0.0759. The predicted octanol–water partition coefficient (Wildman–Crippen LogP) is 3.36. The maximum atomic E-state index is 12.5. The molecular weight excluding hydrogens is 378 g/mol. The summed E-state index contributed by atoms with van der Waals surface area (Å²) >= 11 is 9.08. The molecule has 0 saturated carbocycles. The van der Waals surface area contributed by atoms with Gasteiger partial charge in [-0.25, -0.2) is 13.4 Å². The van der Waals surface area contributed by atoms with Crippen LogP contribution in [-0.4, -0.2) is 27.5 Å². The summed E-state index contributed by atoms with van der Waals surface area (Å²) in [5, 5.41) is -0.0759. The van der Waals surface area contributed by atoms with Crippen LogP contribution in [0.25, 0.3) is 0 Å². The first-order chi connectivity index (χ1) is 9.81. The van der Waals surface area contributed by atoms with E-state index in [0.717, 1.165) is 5.69 Å². The lowest BCUT2D eigenvalue weighted by atomic mass is 10.2. The van der Waals surface area contributed by atoms with Gasteiger partial charge in [-0.3, -0.25) is 4.72 Å². The second-order valence-electron chi connectivity index (χ2n) is 4.46. The van der Waals surface area contributed by atoms with Crippen molar-refractivity contribution in [2.45, 2.75) is 4.90 Å². The number of sulfonamides is 1. The highest BCUT2D eigenvalue weighted by Crippen LogP contribution is 2.29. The van der Waals surface area contributed by atoms with Crippen molar-refractivity contribution in [3.63, 3.8) is 0 Å². The highest BCUT2D eigenvalue weighted by molar-refractivity contribution is 9.10. The molecule has 0 amide bonds. The molecule has 1 aromatic heterocycles. The minimum atomic E-state index is -3.82. The van der Waals surface area contributed by atoms with E-state index in [-0.39, 0.29) is 10.0 Å². The molecule has 112 valence electrons. The molecule has 0 unspecified atom stereocenters. The molecule has 1 aromatic carbocycles. The van der Waals surface area contributed by atoms with Crippen LogP contribution >= 0.6 is 27.5 Å². The fraction of sp³-hybridized carbons (Fsp3) is 0.154. The Kier molecular flexibility index (Phi) is 4.75. The van der Waals surface area contributed by atoms with E-state index in [1.807, 2.05) is 31.1 Å². The first-order valence-corrected chi connectivity index (χ1v) is 8.57. The fourth-order valence-corrected chi connectivity index (χ4v) is 3.76. The number of hydrogen-bond acceptors (Lipinski definition) is 4. The molecule has 0 radical (unpaired) electrons. The van der Waals surface area contributed by atoms with Crippen molar-refractivity contribution in [3.8, 4) is 0 Å². The number of rotatable bonds is 4. The van der Waals surface area contributed by atoms with Crippen LogP contribution in [-0.2, 0) is 10.0 Å². The van der Waals surface area contributed by atoms with Gasteiger partial charge in [0, 0.05) is 24.8 Å². The molecule has 0 bridgehead atoms. The molecule has 8 heteroatoms. The second-order valence-corrected chi connectivity index (χ2v) is 7.38. The average molecular weight is 391 g/mol. The van der Waals surface area contributed by atoms with Gasteiger partial charge in [-0.1, -0.05) is 23.7 Å². The van der Waals surface area contributed by atoms with Gasteiger partial charge in [-0.2, -0.15) is 0 Å². The lowest BCUT2D eigenvalue weighted by molar-refractivity contribution is 0.601. The van der Waals surface area contributed by atoms with Crippen LogP contribution in [0.3, 0.4) is 0 Å². The van der Waals surface area contributed by atoms with Crippen molar-refractivity contribution >= 4 is 48.9 Å². The molecule has 0 fully saturated rings. The highest BCUT2D eigenvalue weighted by atomic mass is 79.9. The molecule has 0 aliphatic rings. The number of nitrogens with one attached hydrogen (secondary N) is 1. The normalized spacial score (nSPS) is 11.2. The minimum Gasteiger partial charge on any atom is -0.376 e. The van der Waals surface area contributed by atoms with Gasteiger partial charge >= 0.3 is 0 Å². The van der Waals surface area contributed by atoms with Crippen LogP contribution in [0.2, 0.25) is 5.15 Å². The Hall–Kier alpha value is -1.31. The number of pyridine rings is 1. The molecule has 0 spiro atoms. The van der Waals surface area contributed by atoms with Crippen molar-refractivity contribution in [2.75, 3.05) is 23.7 Å². The van der Waals surface area contributed by atoms with Gasteiger partial charge in [0.1, 0.15) is 10.0 Å². The van der Waals surface area contributed by atoms with E-state index in [0.29, 0.717) is 10.2 Å². The number of benzene rings is 1. The third kappa shape index (κ3) is 3.66. The fourth-order valence-electron chi connectivity index (χ4n) is 1.74. The molecule has 0 saturated heterocycles. The summed E-state index contributed by atoms with van der Waals surface area (Å²) in [6.45, 7) is 0. The lowest BCUT2D eigenvalue weighted by Crippen LogP contribution is -2.17. The highest BCUT2D eigenvalue weighted by Gasteiger charge is 2.21. The number of hydrogen-bond donors (Lipinski definition) is 1. The van der Waals surface area contributed by atoms with Crippen molar-refractivity contribution in [3.05, 3.63) is 46.2 Å². The molecule has 0 aliphatic carbocycles. The Morgan fingerprint density at radius 2 is 1.95 bits per heavy atom. The van der Waals surface area contributed by atoms with E-state index >= 15 is 0 Å². The smallest absolute Gasteiger partial charge is 0.265 e. The van der Waals surface area contributed by atoms with E-state index in [1.54, 1.807) is 12.1 Å². The first-order valence-electron chi connectivity index (χ1n) is 5.91. The summed E-state index contributed by atoms with van der Waals surface area (Å²) in [7, 11) is -0.155. The predicted molar refractivity (Wildman–Crippen MR) is 88.5 cm³/mol. The van der Waals surface area contributed by atoms with Crippen molar-refractivity contribution in [1.29, 1.82) is 0 Å². The Balaban J connectivity index is 2.45. The topological polar surface area (TPSA) is 62.3 Å². The molecule has 0 aliphatic heterocycles. The summed E-state index contributed by atoms with van der Waals surface area (Å²) in [5.41, 5.74) is 1.22. The van der Waals surface area contributed by atoms with E-state index in [4.69, 9.17) is 11.6 Å². The Morgan fingerprint density at radius 1 is 1.29 bits per heavy atom. The van der Waals surface area contributed by atoms with E-state index in [9.17, 15) is 8.42 Å². The molecule has 2 rings (SSSR count).